The van der Waals surface area contributed by atoms with Crippen LogP contribution in [-0.2, 0) is 30.8 Å². The first kappa shape index (κ1) is 45.1. The average molecular weight is 919 g/mol. The first-order chi connectivity index (χ1) is 32.5. The molecule has 2 N–H and O–H groups in total. The molecule has 5 heterocycles. The highest BCUT2D eigenvalue weighted by Crippen LogP contribution is 2.30. The fraction of sp³-hybridized carbons (Fsp3) is 0.120. The van der Waals surface area contributed by atoms with Crippen LogP contribution in [0.2, 0.25) is 0 Å². The Morgan fingerprint density at radius 2 is 1.12 bits per heavy atom. The van der Waals surface area contributed by atoms with Gasteiger partial charge in [-0.2, -0.15) is 0 Å². The molecule has 4 aromatic carbocycles. The van der Waals surface area contributed by atoms with Crippen molar-refractivity contribution in [3.8, 4) is 22.2 Å². The number of aryl methyl sites for hydroxylation is 2. The summed E-state index contributed by atoms with van der Waals surface area (Å²) in [6.45, 7) is 4.02. The van der Waals surface area contributed by atoms with Gasteiger partial charge in [-0.15, -0.1) is 10.2 Å². The summed E-state index contributed by atoms with van der Waals surface area (Å²) in [5.41, 5.74) is 9.56. The second-order valence-corrected chi connectivity index (χ2v) is 16.3. The van der Waals surface area contributed by atoms with Gasteiger partial charge < -0.3 is 9.47 Å². The van der Waals surface area contributed by atoms with Crippen LogP contribution in [0.15, 0.2) is 155 Å². The van der Waals surface area contributed by atoms with Gasteiger partial charge in [-0.3, -0.25) is 38.8 Å². The van der Waals surface area contributed by atoms with Crippen LogP contribution in [0.25, 0.3) is 22.0 Å². The summed E-state index contributed by atoms with van der Waals surface area (Å²) in [7, 11) is 0. The Balaban J connectivity index is 0.000000182. The van der Waals surface area contributed by atoms with Gasteiger partial charge in [0.25, 0.3) is 5.91 Å². The lowest BCUT2D eigenvalue weighted by molar-refractivity contribution is -0.121. The quantitative estimate of drug-likeness (QED) is 0.117. The Labute approximate surface area is 385 Å². The number of amides is 2. The number of nitrogens with zero attached hydrogens (tertiary/aromatic N) is 6. The van der Waals surface area contributed by atoms with Crippen LogP contribution in [0.4, 0.5) is 8.78 Å². The molecule has 0 aliphatic carbocycles. The van der Waals surface area contributed by atoms with Crippen LogP contribution in [0.1, 0.15) is 48.9 Å². The molecule has 0 unspecified atom stereocenters. The molecule has 5 aromatic heterocycles. The lowest BCUT2D eigenvalue weighted by Gasteiger charge is -2.13. The predicted molar refractivity (Wildman–Crippen MR) is 248 cm³/mol. The van der Waals surface area contributed by atoms with Gasteiger partial charge in [0.15, 0.2) is 16.4 Å². The summed E-state index contributed by atoms with van der Waals surface area (Å²) in [5, 5.41) is 9.78. The first-order valence-corrected chi connectivity index (χ1v) is 21.6. The lowest BCUT2D eigenvalue weighted by Crippen LogP contribution is -2.43. The van der Waals surface area contributed by atoms with E-state index >= 15 is 0 Å². The molecular weight excluding hydrogens is 879 g/mol. The molecule has 0 aliphatic rings. The summed E-state index contributed by atoms with van der Waals surface area (Å²) in [6, 6.07) is 37.6. The van der Waals surface area contributed by atoms with Gasteiger partial charge in [0.2, 0.25) is 17.4 Å². The maximum Gasteiger partial charge on any atom is 0.301 e. The van der Waals surface area contributed by atoms with Crippen molar-refractivity contribution in [2.45, 2.75) is 39.9 Å². The predicted octanol–water partition coefficient (Wildman–Crippen LogP) is 7.56. The number of aromatic nitrogens is 6. The van der Waals surface area contributed by atoms with Gasteiger partial charge in [-0.25, -0.2) is 18.7 Å². The molecule has 0 atom stereocenters. The van der Waals surface area contributed by atoms with Crippen molar-refractivity contribution in [1.82, 2.24) is 39.8 Å². The van der Waals surface area contributed by atoms with Crippen LogP contribution < -0.4 is 31.4 Å². The monoisotopic (exact) mass is 918 g/mol. The second-order valence-electron chi connectivity index (χ2n) is 15.2. The van der Waals surface area contributed by atoms with Gasteiger partial charge in [0.05, 0.1) is 6.42 Å². The maximum absolute atomic E-state index is 13.3. The van der Waals surface area contributed by atoms with E-state index < -0.39 is 23.2 Å². The molecule has 336 valence electrons. The van der Waals surface area contributed by atoms with Gasteiger partial charge in [0, 0.05) is 18.8 Å². The number of carbonyl (C=O) groups excluding carboxylic acids is 2. The van der Waals surface area contributed by atoms with Crippen molar-refractivity contribution in [1.29, 1.82) is 0 Å². The summed E-state index contributed by atoms with van der Waals surface area (Å²) < 4.78 is 40.8. The van der Waals surface area contributed by atoms with Crippen LogP contribution >= 0.6 is 11.3 Å². The molecule has 17 heteroatoms. The topological polar surface area (TPSA) is 171 Å². The number of pyridine rings is 2. The number of rotatable bonds is 12. The molecule has 67 heavy (non-hydrogen) atoms. The van der Waals surface area contributed by atoms with Crippen molar-refractivity contribution in [3.05, 3.63) is 222 Å². The number of hydrogen-bond acceptors (Lipinski definition) is 11. The van der Waals surface area contributed by atoms with Crippen LogP contribution in [0, 0.1) is 25.5 Å². The third kappa shape index (κ3) is 11.3. The third-order valence-corrected chi connectivity index (χ3v) is 11.0. The molecule has 0 radical (unpaired) electrons. The second kappa shape index (κ2) is 20.6. The molecule has 0 saturated carbocycles. The largest absolute Gasteiger partial charge is 0.481 e. The first-order valence-electron chi connectivity index (χ1n) is 20.8. The SMILES string of the molecule is Cc1ccc2nc(-c3nnc(Cc4ccc(F)cc4)s3)c(OCc3ccccc3)c(=O)n2c1.Cc1ccc2nc(C(=O)NNC(=O)Cc3ccc(F)cc3)c(OCc3ccccc3)c(=O)n2c1. The average Bonchev–Trinajstić information content (AvgIpc) is 3.81. The van der Waals surface area contributed by atoms with E-state index in [1.54, 1.807) is 42.7 Å². The van der Waals surface area contributed by atoms with E-state index in [2.05, 4.69) is 31.0 Å². The molecule has 9 rings (SSSR count). The van der Waals surface area contributed by atoms with E-state index in [0.717, 1.165) is 32.8 Å². The molecule has 0 saturated heterocycles. The summed E-state index contributed by atoms with van der Waals surface area (Å²) in [4.78, 5) is 60.5. The molecule has 9 aromatic rings. The third-order valence-electron chi connectivity index (χ3n) is 10.1. The van der Waals surface area contributed by atoms with Gasteiger partial charge in [-0.1, -0.05) is 108 Å². The Morgan fingerprint density at radius 3 is 1.70 bits per heavy atom. The maximum atomic E-state index is 13.3. The van der Waals surface area contributed by atoms with Crippen LogP contribution in [-0.4, -0.2) is 40.8 Å². The number of nitrogens with one attached hydrogen (secondary N) is 2. The van der Waals surface area contributed by atoms with Gasteiger partial charge >= 0.3 is 11.1 Å². The normalized spacial score (nSPS) is 10.9. The minimum absolute atomic E-state index is 0.0485. The zero-order valence-corrected chi connectivity index (χ0v) is 36.8. The Hall–Kier alpha value is -8.44. The van der Waals surface area contributed by atoms with E-state index in [1.807, 2.05) is 80.6 Å². The fourth-order valence-electron chi connectivity index (χ4n) is 6.69. The Kier molecular flexibility index (Phi) is 13.9. The van der Waals surface area contributed by atoms with Crippen molar-refractivity contribution in [2.75, 3.05) is 0 Å². The number of carbonyl (C=O) groups is 2. The zero-order chi connectivity index (χ0) is 46.9. The highest BCUT2D eigenvalue weighted by Gasteiger charge is 2.23. The van der Waals surface area contributed by atoms with E-state index in [-0.39, 0.29) is 53.9 Å². The van der Waals surface area contributed by atoms with Crippen LogP contribution in [0.3, 0.4) is 0 Å². The van der Waals surface area contributed by atoms with Crippen molar-refractivity contribution < 1.29 is 27.8 Å². The number of hydrazine groups is 1. The van der Waals surface area contributed by atoms with Crippen molar-refractivity contribution in [3.63, 3.8) is 0 Å². The smallest absolute Gasteiger partial charge is 0.301 e. The highest BCUT2D eigenvalue weighted by atomic mass is 32.1. The summed E-state index contributed by atoms with van der Waals surface area (Å²) >= 11 is 1.33. The molecule has 14 nitrogen and oxygen atoms in total. The zero-order valence-electron chi connectivity index (χ0n) is 36.0. The Bertz CT molecular complexity index is 3330. The van der Waals surface area contributed by atoms with Gasteiger partial charge in [0.1, 0.15) is 41.2 Å². The molecule has 0 fully saturated rings. The van der Waals surface area contributed by atoms with E-state index in [4.69, 9.17) is 9.47 Å². The molecule has 0 bridgehead atoms. The molecule has 2 amide bonds. The number of halogens is 2. The molecule has 0 aliphatic heterocycles. The standard InChI is InChI=1S/C25H21FN4O4.C25H19FN4O2S/c1-16-7-12-20-27-22(24(32)29-28-21(31)13-17-8-10-19(26)11-9-17)23(25(33)30(20)14-16)34-15-18-5-3-2-4-6-18;1-16-7-12-20-27-22(24-29-28-21(33-24)13-17-8-10-19(26)11-9-17)23(25(31)30(20)14-16)32-15-18-5-3-2-4-6-18/h2-12,14H,13,15H2,1H3,(H,28,31)(H,29,32);2-12,14H,13,15H2,1H3. The molecular formula is C50H40F2N8O6S. The Morgan fingerprint density at radius 1 is 0.597 bits per heavy atom. The van der Waals surface area contributed by atoms with Crippen LogP contribution in [0.5, 0.6) is 11.5 Å². The van der Waals surface area contributed by atoms with E-state index in [9.17, 15) is 28.0 Å². The van der Waals surface area contributed by atoms with Gasteiger partial charge in [-0.05, 0) is 83.6 Å². The van der Waals surface area contributed by atoms with Crippen molar-refractivity contribution in [2.24, 2.45) is 0 Å². The highest BCUT2D eigenvalue weighted by molar-refractivity contribution is 7.14. The number of ether oxygens (including phenoxy) is 2. The number of benzene rings is 4. The summed E-state index contributed by atoms with van der Waals surface area (Å²) in [6.07, 6.45) is 3.77. The van der Waals surface area contributed by atoms with E-state index in [0.29, 0.717) is 28.3 Å². The number of hydrogen-bond donors (Lipinski definition) is 2. The summed E-state index contributed by atoms with van der Waals surface area (Å²) in [5.74, 6) is -2.14. The fourth-order valence-corrected chi connectivity index (χ4v) is 7.55. The lowest BCUT2D eigenvalue weighted by atomic mass is 10.1. The van der Waals surface area contributed by atoms with E-state index in [1.165, 1.54) is 56.5 Å². The minimum Gasteiger partial charge on any atom is -0.481 e. The van der Waals surface area contributed by atoms with Crippen molar-refractivity contribution >= 4 is 34.4 Å². The minimum atomic E-state index is -0.810. The molecule has 0 spiro atoms. The number of fused-ring (bicyclic) bond motifs is 2.